The first kappa shape index (κ1) is 58.0. The number of thiophene rings is 2. The van der Waals surface area contributed by atoms with E-state index < -0.39 is 58.0 Å². The fourth-order valence-corrected chi connectivity index (χ4v) is 11.0. The summed E-state index contributed by atoms with van der Waals surface area (Å²) in [5, 5.41) is 6.32. The van der Waals surface area contributed by atoms with Gasteiger partial charge < -0.3 is 9.64 Å². The third-order valence-electron chi connectivity index (χ3n) is 10.5. The van der Waals surface area contributed by atoms with Crippen molar-refractivity contribution in [3.8, 4) is 0 Å². The van der Waals surface area contributed by atoms with Gasteiger partial charge >= 0.3 is 42.4 Å². The molecule has 19 nitrogen and oxygen atoms in total. The maximum absolute atomic E-state index is 12.6. The summed E-state index contributed by atoms with van der Waals surface area (Å²) in [6.07, 6.45) is 17.6. The van der Waals surface area contributed by atoms with Crippen LogP contribution in [0.3, 0.4) is 0 Å². The molecular weight excluding hydrogens is 1020 g/mol. The van der Waals surface area contributed by atoms with Gasteiger partial charge in [-0.1, -0.05) is 44.9 Å². The number of nitrogens with zero attached hydrogens (tertiary/aromatic N) is 2. The van der Waals surface area contributed by atoms with Crippen molar-refractivity contribution in [3.63, 3.8) is 0 Å². The summed E-state index contributed by atoms with van der Waals surface area (Å²) < 4.78 is 146. The van der Waals surface area contributed by atoms with Crippen molar-refractivity contribution >= 4 is 119 Å². The first-order chi connectivity index (χ1) is 31.4. The van der Waals surface area contributed by atoms with Gasteiger partial charge in [-0.25, -0.2) is 0 Å². The molecular formula is C41H49N2O17S7+. The lowest BCUT2D eigenvalue weighted by Gasteiger charge is -2.30. The number of anilines is 1. The Kier molecular flexibility index (Phi) is 23.4. The molecule has 0 fully saturated rings. The summed E-state index contributed by atoms with van der Waals surface area (Å²) >= 11 is 3.14. The molecule has 0 radical (unpaired) electrons. The number of fused-ring (bicyclic) bond motifs is 6. The monoisotopic (exact) mass is 1070 g/mol. The van der Waals surface area contributed by atoms with Crippen LogP contribution in [0.1, 0.15) is 90.7 Å². The average molecular weight is 1070 g/mol. The molecule has 2 aliphatic heterocycles. The summed E-state index contributed by atoms with van der Waals surface area (Å²) in [4.78, 5) is 13.1. The number of allylic oxidation sites excluding steroid dienone is 6. The van der Waals surface area contributed by atoms with Gasteiger partial charge in [-0.2, -0.15) is 13.0 Å². The zero-order valence-electron chi connectivity index (χ0n) is 36.8. The van der Waals surface area contributed by atoms with Crippen LogP contribution in [0, 0.1) is 0 Å². The van der Waals surface area contributed by atoms with E-state index in [9.17, 15) is 17.8 Å². The lowest BCUT2D eigenvalue weighted by molar-refractivity contribution is -0.438. The Morgan fingerprint density at radius 3 is 1.91 bits per heavy atom. The normalized spacial score (nSPS) is 16.2. The average Bonchev–Trinajstić information content (AvgIpc) is 3.97. The third-order valence-corrected chi connectivity index (χ3v) is 13.4. The van der Waals surface area contributed by atoms with Crippen LogP contribution in [0.4, 0.5) is 11.4 Å². The minimum Gasteiger partial charge on any atom is -0.468 e. The molecule has 4 aromatic rings. The molecule has 1 N–H and O–H groups in total. The molecule has 0 aliphatic carbocycles. The van der Waals surface area contributed by atoms with E-state index in [1.54, 1.807) is 6.07 Å². The lowest BCUT2D eigenvalue weighted by atomic mass is 9.76. The van der Waals surface area contributed by atoms with Crippen LogP contribution >= 0.6 is 22.7 Å². The lowest BCUT2D eigenvalue weighted by Crippen LogP contribution is -2.29. The van der Waals surface area contributed by atoms with Crippen molar-refractivity contribution in [1.82, 2.24) is 0 Å². The predicted octanol–water partition coefficient (Wildman–Crippen LogP) is 6.44. The maximum Gasteiger partial charge on any atom is 0.425 e. The highest BCUT2D eigenvalue weighted by atomic mass is 32.2. The first-order valence-corrected chi connectivity index (χ1v) is 27.2. The van der Waals surface area contributed by atoms with Crippen molar-refractivity contribution in [3.05, 3.63) is 88.3 Å². The molecule has 0 bridgehead atoms. The van der Waals surface area contributed by atoms with Crippen molar-refractivity contribution < 1.29 is 77.6 Å². The topological polar surface area (TPSA) is 292 Å². The van der Waals surface area contributed by atoms with Crippen molar-refractivity contribution in [2.45, 2.75) is 95.3 Å². The van der Waals surface area contributed by atoms with Crippen molar-refractivity contribution in [1.29, 1.82) is 0 Å². The van der Waals surface area contributed by atoms with Crippen molar-refractivity contribution in [2.24, 2.45) is 0 Å². The van der Waals surface area contributed by atoms with Gasteiger partial charge in [-0.15, -0.1) is 73.2 Å². The van der Waals surface area contributed by atoms with Gasteiger partial charge in [0.2, 0.25) is 5.69 Å². The molecule has 6 rings (SSSR count). The molecule has 0 amide bonds. The Labute approximate surface area is 402 Å². The standard InChI is InChI=1S/C41H48N2O5S3.4O3S/c1-6-8-22-42-31-17-18-33-29(19-25-49-33)38(31)41(5,21-7-2)36(42)16-12-9-11-15-35-40(3,4)37-30-20-26-50-39(30)34(51(45,46)47)27-32(37)43(35)23-13-10-14-24-48-28-44;4*1-4(2)3/h9,11-12,15-20,25-28H,6-8,10,13-14,21-24H2,1-5H3;;;;/p+1. The smallest absolute Gasteiger partial charge is 0.425 e. The van der Waals surface area contributed by atoms with Crippen molar-refractivity contribution in [2.75, 3.05) is 24.6 Å². The SMILES string of the molecule is CCCCN1C(=CC=CC=CC2=[N+](CCCCCOC=O)c3cc(S(=O)(=O)O)c4sccc4c3C2(C)C)C(C)(CCC)c2c1ccc1sccc21.O=S(=O)=O.O=S(=O)=O.O=S(=O)=O.O=S(=O)=O. The van der Waals surface area contributed by atoms with E-state index in [1.807, 2.05) is 22.8 Å². The van der Waals surface area contributed by atoms with E-state index in [2.05, 4.69) is 98.1 Å². The molecule has 4 heterocycles. The molecule has 26 heteroatoms. The highest BCUT2D eigenvalue weighted by Gasteiger charge is 2.47. The summed E-state index contributed by atoms with van der Waals surface area (Å²) in [6.45, 7) is 13.8. The number of rotatable bonds is 16. The van der Waals surface area contributed by atoms with Gasteiger partial charge in [0, 0.05) is 57.6 Å². The Hall–Kier alpha value is -5.09. The summed E-state index contributed by atoms with van der Waals surface area (Å²) in [6, 6.07) is 10.5. The third kappa shape index (κ3) is 16.3. The van der Waals surface area contributed by atoms with Gasteiger partial charge in [-0.3, -0.25) is 9.35 Å². The second-order valence-corrected chi connectivity index (χ2v) is 20.0. The van der Waals surface area contributed by atoms with E-state index in [-0.39, 0.29) is 10.3 Å². The molecule has 1 atom stereocenters. The Morgan fingerprint density at radius 2 is 1.34 bits per heavy atom. The Bertz CT molecular complexity index is 2980. The molecule has 0 spiro atoms. The van der Waals surface area contributed by atoms with Crippen LogP contribution < -0.4 is 4.90 Å². The largest absolute Gasteiger partial charge is 0.468 e. The molecule has 67 heavy (non-hydrogen) atoms. The number of carbonyl (C=O) groups is 1. The van der Waals surface area contributed by atoms with Gasteiger partial charge in [0.15, 0.2) is 5.71 Å². The van der Waals surface area contributed by atoms with Gasteiger partial charge in [0.05, 0.1) is 16.7 Å². The number of carbonyl (C=O) groups excluding carboxylic acids is 1. The summed E-state index contributed by atoms with van der Waals surface area (Å²) in [5.74, 6) is 0. The Morgan fingerprint density at radius 1 is 0.746 bits per heavy atom. The molecule has 2 aromatic carbocycles. The quantitative estimate of drug-likeness (QED) is 0.0415. The second-order valence-electron chi connectivity index (χ2n) is 15.1. The van der Waals surface area contributed by atoms with E-state index in [0.29, 0.717) is 24.3 Å². The fourth-order valence-electron chi connectivity index (χ4n) is 8.31. The van der Waals surface area contributed by atoms with Crippen LogP contribution in [-0.2, 0) is 72.9 Å². The minimum atomic E-state index is -4.43. The van der Waals surface area contributed by atoms with Gasteiger partial charge in [0.25, 0.3) is 16.6 Å². The maximum atomic E-state index is 12.6. The number of ether oxygens (including phenoxy) is 1. The number of hydrogen-bond acceptors (Lipinski definition) is 19. The second kappa shape index (κ2) is 27.0. The highest BCUT2D eigenvalue weighted by molar-refractivity contribution is 7.86. The molecule has 1 unspecified atom stereocenters. The first-order valence-electron chi connectivity index (χ1n) is 20.0. The van der Waals surface area contributed by atoms with Crippen LogP contribution in [-0.4, -0.2) is 99.9 Å². The summed E-state index contributed by atoms with van der Waals surface area (Å²) in [5.41, 5.74) is 6.53. The van der Waals surface area contributed by atoms with E-state index in [0.717, 1.165) is 73.8 Å². The molecule has 2 aliphatic rings. The van der Waals surface area contributed by atoms with E-state index in [1.165, 1.54) is 38.4 Å². The van der Waals surface area contributed by atoms with Crippen LogP contribution in [0.25, 0.3) is 20.2 Å². The van der Waals surface area contributed by atoms with E-state index in [4.69, 9.17) is 55.2 Å². The zero-order valence-corrected chi connectivity index (χ0v) is 42.5. The molecule has 366 valence electrons. The zero-order chi connectivity index (χ0) is 50.7. The number of hydrogen-bond donors (Lipinski definition) is 1. The predicted molar refractivity (Wildman–Crippen MR) is 252 cm³/mol. The highest BCUT2D eigenvalue weighted by Crippen LogP contribution is 2.54. The van der Waals surface area contributed by atoms with E-state index >= 15 is 0 Å². The van der Waals surface area contributed by atoms with Crippen LogP contribution in [0.5, 0.6) is 0 Å². The molecule has 2 aromatic heterocycles. The Balaban J connectivity index is 0.000000837. The molecule has 0 saturated heterocycles. The summed E-state index contributed by atoms with van der Waals surface area (Å²) in [7, 11) is -16.9. The molecule has 0 saturated carbocycles. The van der Waals surface area contributed by atoms with Crippen LogP contribution in [0.2, 0.25) is 0 Å². The number of benzene rings is 2. The fraction of sp³-hybridized carbons (Fsp3) is 0.415. The number of unbranched alkanes of at least 4 members (excludes halogenated alkanes) is 3. The minimum absolute atomic E-state index is 0.0526. The van der Waals surface area contributed by atoms with Gasteiger partial charge in [-0.05, 0) is 98.5 Å². The van der Waals surface area contributed by atoms with Crippen LogP contribution in [0.15, 0.2) is 82.1 Å². The van der Waals surface area contributed by atoms with Gasteiger partial charge in [0.1, 0.15) is 11.4 Å².